The van der Waals surface area contributed by atoms with E-state index in [2.05, 4.69) is 10.2 Å². The fraction of sp³-hybridized carbons (Fsp3) is 0.0909. The van der Waals surface area contributed by atoms with Crippen LogP contribution in [0.1, 0.15) is 0 Å². The zero-order chi connectivity index (χ0) is 13.2. The number of sulfone groups is 1. The topological polar surface area (TPSA) is 59.9 Å². The van der Waals surface area contributed by atoms with Crippen molar-refractivity contribution in [1.82, 2.24) is 10.2 Å². The number of nitrogens with zero attached hydrogens (tertiary/aromatic N) is 2. The Morgan fingerprint density at radius 3 is 2.22 bits per heavy atom. The van der Waals surface area contributed by atoms with Gasteiger partial charge in [-0.1, -0.05) is 23.4 Å². The SMILES string of the molecule is CS(=O)(=O)c1ccc(Sc2ccc(Cl)nn2)cc1. The van der Waals surface area contributed by atoms with Crippen LogP contribution in [-0.2, 0) is 9.84 Å². The molecule has 0 aliphatic heterocycles. The van der Waals surface area contributed by atoms with E-state index >= 15 is 0 Å². The first kappa shape index (κ1) is 13.3. The lowest BCUT2D eigenvalue weighted by atomic mass is 10.4. The van der Waals surface area contributed by atoms with Crippen molar-refractivity contribution in [2.45, 2.75) is 14.8 Å². The van der Waals surface area contributed by atoms with Gasteiger partial charge in [-0.3, -0.25) is 0 Å². The smallest absolute Gasteiger partial charge is 0.175 e. The lowest BCUT2D eigenvalue weighted by molar-refractivity contribution is 0.602. The van der Waals surface area contributed by atoms with Crippen molar-refractivity contribution in [3.05, 3.63) is 41.6 Å². The molecule has 2 aromatic rings. The summed E-state index contributed by atoms with van der Waals surface area (Å²) in [5, 5.41) is 8.68. The summed E-state index contributed by atoms with van der Waals surface area (Å²) in [7, 11) is -3.15. The number of benzene rings is 1. The zero-order valence-electron chi connectivity index (χ0n) is 9.37. The van der Waals surface area contributed by atoms with Crippen LogP contribution in [0.5, 0.6) is 0 Å². The number of aromatic nitrogens is 2. The van der Waals surface area contributed by atoms with Crippen LogP contribution >= 0.6 is 23.4 Å². The molecule has 0 amide bonds. The van der Waals surface area contributed by atoms with Crippen molar-refractivity contribution < 1.29 is 8.42 Å². The van der Waals surface area contributed by atoms with E-state index in [1.807, 2.05) is 0 Å². The van der Waals surface area contributed by atoms with Crippen LogP contribution in [-0.4, -0.2) is 24.9 Å². The third kappa shape index (κ3) is 3.44. The minimum absolute atomic E-state index is 0.300. The number of hydrogen-bond acceptors (Lipinski definition) is 5. The van der Waals surface area contributed by atoms with Crippen molar-refractivity contribution in [2.24, 2.45) is 0 Å². The fourth-order valence-electron chi connectivity index (χ4n) is 1.23. The molecule has 0 fully saturated rings. The Hall–Kier alpha value is -1.11. The maximum absolute atomic E-state index is 11.3. The summed E-state index contributed by atoms with van der Waals surface area (Å²) in [4.78, 5) is 1.19. The molecule has 0 atom stereocenters. The molecule has 0 spiro atoms. The second-order valence-corrected chi connectivity index (χ2v) is 7.04. The molecule has 18 heavy (non-hydrogen) atoms. The van der Waals surface area contributed by atoms with Gasteiger partial charge < -0.3 is 0 Å². The predicted molar refractivity (Wildman–Crippen MR) is 70.7 cm³/mol. The summed E-state index contributed by atoms with van der Waals surface area (Å²) in [6.07, 6.45) is 1.18. The molecule has 7 heteroatoms. The molecule has 2 rings (SSSR count). The molecule has 0 N–H and O–H groups in total. The second-order valence-electron chi connectivity index (χ2n) is 3.54. The van der Waals surface area contributed by atoms with Crippen LogP contribution in [0.4, 0.5) is 0 Å². The van der Waals surface area contributed by atoms with Gasteiger partial charge in [0, 0.05) is 11.2 Å². The monoisotopic (exact) mass is 300 g/mol. The first-order valence-corrected chi connectivity index (χ1v) is 8.01. The summed E-state index contributed by atoms with van der Waals surface area (Å²) in [5.74, 6) is 0. The summed E-state index contributed by atoms with van der Waals surface area (Å²) < 4.78 is 22.6. The summed E-state index contributed by atoms with van der Waals surface area (Å²) in [6.45, 7) is 0. The minimum atomic E-state index is -3.15. The predicted octanol–water partition coefficient (Wildman–Crippen LogP) is 2.68. The molecule has 0 radical (unpaired) electrons. The van der Waals surface area contributed by atoms with Crippen LogP contribution in [0.15, 0.2) is 51.2 Å². The fourth-order valence-corrected chi connectivity index (χ4v) is 2.70. The first-order chi connectivity index (χ1) is 8.45. The Labute approximate surface area is 114 Å². The molecular formula is C11H9ClN2O2S2. The molecule has 1 heterocycles. The molecular weight excluding hydrogens is 292 g/mol. The average Bonchev–Trinajstić information content (AvgIpc) is 2.32. The maximum atomic E-state index is 11.3. The van der Waals surface area contributed by atoms with Crippen molar-refractivity contribution >= 4 is 33.2 Å². The van der Waals surface area contributed by atoms with E-state index in [9.17, 15) is 8.42 Å². The van der Waals surface area contributed by atoms with Crippen LogP contribution < -0.4 is 0 Å². The largest absolute Gasteiger partial charge is 0.224 e. The molecule has 0 bridgehead atoms. The third-order valence-electron chi connectivity index (χ3n) is 2.08. The Balaban J connectivity index is 2.18. The Kier molecular flexibility index (Phi) is 3.89. The second kappa shape index (κ2) is 5.26. The summed E-state index contributed by atoms with van der Waals surface area (Å²) >= 11 is 7.02. The Morgan fingerprint density at radius 2 is 1.72 bits per heavy atom. The van der Waals surface area contributed by atoms with E-state index in [4.69, 9.17) is 11.6 Å². The van der Waals surface area contributed by atoms with Gasteiger partial charge in [-0.05, 0) is 36.4 Å². The van der Waals surface area contributed by atoms with Gasteiger partial charge in [0.05, 0.1) is 4.90 Å². The number of halogens is 1. The first-order valence-electron chi connectivity index (χ1n) is 4.92. The molecule has 0 aliphatic rings. The molecule has 0 unspecified atom stereocenters. The molecule has 4 nitrogen and oxygen atoms in total. The molecule has 94 valence electrons. The summed E-state index contributed by atoms with van der Waals surface area (Å²) in [6, 6.07) is 10.0. The van der Waals surface area contributed by atoms with Crippen molar-refractivity contribution in [1.29, 1.82) is 0 Å². The Bertz CT molecular complexity index is 640. The van der Waals surface area contributed by atoms with Gasteiger partial charge in [-0.15, -0.1) is 10.2 Å². The van der Waals surface area contributed by atoms with Crippen LogP contribution in [0, 0.1) is 0 Å². The van der Waals surface area contributed by atoms with E-state index < -0.39 is 9.84 Å². The van der Waals surface area contributed by atoms with Gasteiger partial charge in [0.1, 0.15) is 5.03 Å². The van der Waals surface area contributed by atoms with Crippen molar-refractivity contribution in [3.63, 3.8) is 0 Å². The van der Waals surface area contributed by atoms with Crippen LogP contribution in [0.25, 0.3) is 0 Å². The van der Waals surface area contributed by atoms with Gasteiger partial charge >= 0.3 is 0 Å². The Morgan fingerprint density at radius 1 is 1.06 bits per heavy atom. The molecule has 1 aromatic heterocycles. The minimum Gasteiger partial charge on any atom is -0.224 e. The molecule has 0 saturated heterocycles. The van der Waals surface area contributed by atoms with E-state index in [-0.39, 0.29) is 0 Å². The van der Waals surface area contributed by atoms with E-state index in [1.165, 1.54) is 18.0 Å². The van der Waals surface area contributed by atoms with Gasteiger partial charge in [0.15, 0.2) is 15.0 Å². The standard InChI is InChI=1S/C11H9ClN2O2S2/c1-18(15,16)9-4-2-8(3-5-9)17-11-7-6-10(12)13-14-11/h2-7H,1H3. The van der Waals surface area contributed by atoms with Gasteiger partial charge in [0.25, 0.3) is 0 Å². The molecule has 0 saturated carbocycles. The lowest BCUT2D eigenvalue weighted by Gasteiger charge is -2.02. The number of hydrogen-bond donors (Lipinski definition) is 0. The normalized spacial score (nSPS) is 11.4. The van der Waals surface area contributed by atoms with Crippen molar-refractivity contribution in [3.8, 4) is 0 Å². The molecule has 0 aliphatic carbocycles. The van der Waals surface area contributed by atoms with Gasteiger partial charge in [-0.25, -0.2) is 8.42 Å². The highest BCUT2D eigenvalue weighted by molar-refractivity contribution is 7.99. The maximum Gasteiger partial charge on any atom is 0.175 e. The number of rotatable bonds is 3. The van der Waals surface area contributed by atoms with Gasteiger partial charge in [-0.2, -0.15) is 0 Å². The average molecular weight is 301 g/mol. The lowest BCUT2D eigenvalue weighted by Crippen LogP contribution is -1.96. The molecule has 1 aromatic carbocycles. The highest BCUT2D eigenvalue weighted by atomic mass is 35.5. The zero-order valence-corrected chi connectivity index (χ0v) is 11.8. The van der Waals surface area contributed by atoms with Gasteiger partial charge in [0.2, 0.25) is 0 Å². The van der Waals surface area contributed by atoms with Crippen LogP contribution in [0.2, 0.25) is 5.15 Å². The quantitative estimate of drug-likeness (QED) is 0.872. The van der Waals surface area contributed by atoms with E-state index in [1.54, 1.807) is 36.4 Å². The summed E-state index contributed by atoms with van der Waals surface area (Å²) in [5.41, 5.74) is 0. The highest BCUT2D eigenvalue weighted by Crippen LogP contribution is 2.26. The third-order valence-corrected chi connectivity index (χ3v) is 4.35. The van der Waals surface area contributed by atoms with Crippen molar-refractivity contribution in [2.75, 3.05) is 6.26 Å². The van der Waals surface area contributed by atoms with E-state index in [0.29, 0.717) is 15.1 Å². The van der Waals surface area contributed by atoms with E-state index in [0.717, 1.165) is 4.90 Å². The highest BCUT2D eigenvalue weighted by Gasteiger charge is 2.07. The van der Waals surface area contributed by atoms with Crippen LogP contribution in [0.3, 0.4) is 0 Å².